The number of rotatable bonds is 4. The van der Waals surface area contributed by atoms with Crippen molar-refractivity contribution in [1.29, 1.82) is 0 Å². The lowest BCUT2D eigenvalue weighted by atomic mass is 9.97. The van der Waals surface area contributed by atoms with Crippen molar-refractivity contribution in [2.75, 3.05) is 31.1 Å². The Kier molecular flexibility index (Phi) is 5.98. The number of likely N-dealkylation sites (tertiary alicyclic amines) is 1. The number of halogens is 1. The van der Waals surface area contributed by atoms with Gasteiger partial charge >= 0.3 is 6.09 Å². The van der Waals surface area contributed by atoms with Gasteiger partial charge in [0.2, 0.25) is 5.91 Å². The van der Waals surface area contributed by atoms with Gasteiger partial charge in [0.15, 0.2) is 5.13 Å². The van der Waals surface area contributed by atoms with Crippen molar-refractivity contribution in [1.82, 2.24) is 9.88 Å². The van der Waals surface area contributed by atoms with Crippen LogP contribution < -0.4 is 4.90 Å². The third kappa shape index (κ3) is 3.94. The molecule has 140 valence electrons. The largest absolute Gasteiger partial charge is 0.450 e. The van der Waals surface area contributed by atoms with E-state index in [4.69, 9.17) is 16.3 Å². The number of ether oxygens (including phenoxy) is 1. The van der Waals surface area contributed by atoms with Gasteiger partial charge in [0.25, 0.3) is 0 Å². The molecule has 26 heavy (non-hydrogen) atoms. The summed E-state index contributed by atoms with van der Waals surface area (Å²) < 4.78 is 6.06. The molecule has 0 bridgehead atoms. The maximum absolute atomic E-state index is 13.1. The lowest BCUT2D eigenvalue weighted by molar-refractivity contribution is -0.123. The van der Waals surface area contributed by atoms with Crippen molar-refractivity contribution >= 4 is 50.3 Å². The van der Waals surface area contributed by atoms with Gasteiger partial charge in [-0.3, -0.25) is 9.69 Å². The summed E-state index contributed by atoms with van der Waals surface area (Å²) in [7, 11) is 0. The molecule has 0 radical (unpaired) electrons. The molecule has 1 aromatic carbocycles. The molecular formula is C18H22ClN3O3S. The Bertz CT molecular complexity index is 810. The maximum Gasteiger partial charge on any atom is 0.409 e. The molecule has 2 heterocycles. The van der Waals surface area contributed by atoms with Crippen LogP contribution in [0.5, 0.6) is 0 Å². The highest BCUT2D eigenvalue weighted by Gasteiger charge is 2.32. The molecule has 6 nitrogen and oxygen atoms in total. The Balaban J connectivity index is 1.78. The smallest absolute Gasteiger partial charge is 0.409 e. The van der Waals surface area contributed by atoms with Gasteiger partial charge in [0.1, 0.15) is 0 Å². The summed E-state index contributed by atoms with van der Waals surface area (Å²) in [6.45, 7) is 5.61. The molecule has 1 saturated heterocycles. The third-order valence-electron chi connectivity index (χ3n) is 4.45. The Hall–Kier alpha value is -1.86. The summed E-state index contributed by atoms with van der Waals surface area (Å²) in [5.41, 5.74) is 0.792. The van der Waals surface area contributed by atoms with E-state index in [-0.39, 0.29) is 17.9 Å². The Morgan fingerprint density at radius 2 is 2.23 bits per heavy atom. The molecule has 2 aromatic rings. The van der Waals surface area contributed by atoms with Gasteiger partial charge in [0.05, 0.1) is 22.7 Å². The van der Waals surface area contributed by atoms with Gasteiger partial charge in [-0.15, -0.1) is 0 Å². The number of carbonyl (C=O) groups excluding carboxylic acids is 2. The predicted octanol–water partition coefficient (Wildman–Crippen LogP) is 4.17. The Morgan fingerprint density at radius 1 is 1.42 bits per heavy atom. The number of thiazole rings is 1. The molecule has 8 heteroatoms. The molecule has 2 amide bonds. The van der Waals surface area contributed by atoms with Crippen LogP contribution in [0, 0.1) is 5.92 Å². The number of nitrogens with zero attached hydrogens (tertiary/aromatic N) is 3. The number of benzene rings is 1. The lowest BCUT2D eigenvalue weighted by Crippen LogP contribution is -2.47. The van der Waals surface area contributed by atoms with Gasteiger partial charge in [-0.1, -0.05) is 22.9 Å². The van der Waals surface area contributed by atoms with Crippen LogP contribution in [0.2, 0.25) is 5.02 Å². The summed E-state index contributed by atoms with van der Waals surface area (Å²) >= 11 is 7.51. The van der Waals surface area contributed by atoms with E-state index in [1.165, 1.54) is 11.3 Å². The van der Waals surface area contributed by atoms with Crippen molar-refractivity contribution in [2.24, 2.45) is 5.92 Å². The molecule has 1 aromatic heterocycles. The normalized spacial score (nSPS) is 17.3. The van der Waals surface area contributed by atoms with Gasteiger partial charge in [0, 0.05) is 24.7 Å². The quantitative estimate of drug-likeness (QED) is 0.779. The van der Waals surface area contributed by atoms with Gasteiger partial charge in [-0.05, 0) is 44.9 Å². The van der Waals surface area contributed by atoms with E-state index in [1.807, 2.05) is 19.1 Å². The first-order valence-corrected chi connectivity index (χ1v) is 10.0. The van der Waals surface area contributed by atoms with E-state index in [9.17, 15) is 9.59 Å². The molecule has 0 unspecified atom stereocenters. The molecule has 1 atom stereocenters. The van der Waals surface area contributed by atoms with Crippen LogP contribution in [-0.4, -0.2) is 48.1 Å². The Morgan fingerprint density at radius 3 is 2.96 bits per heavy atom. The predicted molar refractivity (Wildman–Crippen MR) is 104 cm³/mol. The van der Waals surface area contributed by atoms with Crippen molar-refractivity contribution in [3.8, 4) is 0 Å². The summed E-state index contributed by atoms with van der Waals surface area (Å²) in [4.78, 5) is 33.0. The van der Waals surface area contributed by atoms with E-state index in [1.54, 1.807) is 22.8 Å². The zero-order chi connectivity index (χ0) is 18.7. The zero-order valence-electron chi connectivity index (χ0n) is 14.9. The van der Waals surface area contributed by atoms with Gasteiger partial charge in [-0.25, -0.2) is 9.78 Å². The third-order valence-corrected chi connectivity index (χ3v) is 5.74. The lowest BCUT2D eigenvalue weighted by Gasteiger charge is -2.33. The minimum Gasteiger partial charge on any atom is -0.450 e. The number of fused-ring (bicyclic) bond motifs is 1. The molecule has 0 spiro atoms. The highest BCUT2D eigenvalue weighted by molar-refractivity contribution is 7.22. The van der Waals surface area contributed by atoms with Crippen molar-refractivity contribution < 1.29 is 14.3 Å². The number of amides is 2. The SMILES string of the molecule is CCOC(=O)N1CCC[C@@H](C(=O)N(CC)c2nc3cc(Cl)ccc3s2)C1. The van der Waals surface area contributed by atoms with Crippen LogP contribution in [0.4, 0.5) is 9.93 Å². The topological polar surface area (TPSA) is 62.7 Å². The average molecular weight is 396 g/mol. The number of anilines is 1. The summed E-state index contributed by atoms with van der Waals surface area (Å²) in [6, 6.07) is 5.54. The Labute approximate surface area is 161 Å². The van der Waals surface area contributed by atoms with Crippen molar-refractivity contribution in [3.63, 3.8) is 0 Å². The van der Waals surface area contributed by atoms with E-state index >= 15 is 0 Å². The van der Waals surface area contributed by atoms with Crippen LogP contribution in [0.25, 0.3) is 10.2 Å². The minimum absolute atomic E-state index is 0.00616. The molecule has 1 aliphatic heterocycles. The second-order valence-electron chi connectivity index (χ2n) is 6.18. The fourth-order valence-electron chi connectivity index (χ4n) is 3.17. The maximum atomic E-state index is 13.1. The minimum atomic E-state index is -0.345. The van der Waals surface area contributed by atoms with Crippen LogP contribution in [-0.2, 0) is 9.53 Å². The first-order valence-electron chi connectivity index (χ1n) is 8.82. The molecule has 0 saturated carbocycles. The fourth-order valence-corrected chi connectivity index (χ4v) is 4.35. The summed E-state index contributed by atoms with van der Waals surface area (Å²) in [5.74, 6) is -0.227. The average Bonchev–Trinajstić information content (AvgIpc) is 3.05. The van der Waals surface area contributed by atoms with E-state index in [0.29, 0.717) is 36.4 Å². The van der Waals surface area contributed by atoms with Crippen LogP contribution in [0.15, 0.2) is 18.2 Å². The van der Waals surface area contributed by atoms with Crippen LogP contribution >= 0.6 is 22.9 Å². The first kappa shape index (κ1) is 18.9. The molecule has 1 fully saturated rings. The van der Waals surface area contributed by atoms with Gasteiger partial charge < -0.3 is 9.64 Å². The number of hydrogen-bond donors (Lipinski definition) is 0. The van der Waals surface area contributed by atoms with Gasteiger partial charge in [-0.2, -0.15) is 0 Å². The molecule has 0 aliphatic carbocycles. The number of carbonyl (C=O) groups is 2. The van der Waals surface area contributed by atoms with E-state index < -0.39 is 0 Å². The second-order valence-corrected chi connectivity index (χ2v) is 7.62. The number of aromatic nitrogens is 1. The highest BCUT2D eigenvalue weighted by Crippen LogP contribution is 2.32. The fraction of sp³-hybridized carbons (Fsp3) is 0.500. The highest BCUT2D eigenvalue weighted by atomic mass is 35.5. The van der Waals surface area contributed by atoms with E-state index in [2.05, 4.69) is 4.98 Å². The van der Waals surface area contributed by atoms with Crippen LogP contribution in [0.3, 0.4) is 0 Å². The monoisotopic (exact) mass is 395 g/mol. The zero-order valence-corrected chi connectivity index (χ0v) is 16.5. The summed E-state index contributed by atoms with van der Waals surface area (Å²) in [6.07, 6.45) is 1.21. The molecule has 0 N–H and O–H groups in total. The van der Waals surface area contributed by atoms with Crippen LogP contribution in [0.1, 0.15) is 26.7 Å². The second kappa shape index (κ2) is 8.22. The van der Waals surface area contributed by atoms with E-state index in [0.717, 1.165) is 23.1 Å². The first-order chi connectivity index (χ1) is 12.5. The molecular weight excluding hydrogens is 374 g/mol. The number of piperidine rings is 1. The molecule has 3 rings (SSSR count). The summed E-state index contributed by atoms with van der Waals surface area (Å²) in [5, 5.41) is 1.30. The van der Waals surface area contributed by atoms with Crippen molar-refractivity contribution in [3.05, 3.63) is 23.2 Å². The van der Waals surface area contributed by atoms with Crippen molar-refractivity contribution in [2.45, 2.75) is 26.7 Å². The standard InChI is InChI=1S/C18H22ClN3O3S/c1-3-22(17-20-14-10-13(19)7-8-15(14)26-17)16(23)12-6-5-9-21(11-12)18(24)25-4-2/h7-8,10,12H,3-6,9,11H2,1-2H3/t12-/m1/s1. The molecule has 1 aliphatic rings. The number of hydrogen-bond acceptors (Lipinski definition) is 5.